The van der Waals surface area contributed by atoms with Crippen molar-refractivity contribution in [3.63, 3.8) is 0 Å². The van der Waals surface area contributed by atoms with E-state index in [1.165, 1.54) is 0 Å². The van der Waals surface area contributed by atoms with Crippen molar-refractivity contribution in [2.75, 3.05) is 0 Å². The summed E-state index contributed by atoms with van der Waals surface area (Å²) in [5.74, 6) is 0.531. The first-order chi connectivity index (χ1) is 9.80. The lowest BCUT2D eigenvalue weighted by atomic mass is 9.79. The summed E-state index contributed by atoms with van der Waals surface area (Å²) in [6, 6.07) is 1.77. The first-order valence-electron chi connectivity index (χ1n) is 6.99. The first kappa shape index (κ1) is 14.2. The largest absolute Gasteiger partial charge is 0.498 e. The van der Waals surface area contributed by atoms with Crippen LogP contribution in [-0.2, 0) is 9.31 Å². The SMILES string of the molecule is Cc1nn(-c2ncccn2)cc1B1OC(C)(C)C(C)(C)O1. The molecule has 2 aromatic rings. The van der Waals surface area contributed by atoms with Crippen LogP contribution >= 0.6 is 0 Å². The molecule has 1 fully saturated rings. The molecule has 110 valence electrons. The van der Waals surface area contributed by atoms with Crippen LogP contribution in [0.3, 0.4) is 0 Å². The van der Waals surface area contributed by atoms with Gasteiger partial charge in [0.2, 0.25) is 5.95 Å². The third-order valence-corrected chi connectivity index (χ3v) is 4.20. The van der Waals surface area contributed by atoms with Gasteiger partial charge in [-0.25, -0.2) is 14.6 Å². The average Bonchev–Trinajstić information content (AvgIpc) is 2.89. The number of aryl methyl sites for hydroxylation is 1. The standard InChI is InChI=1S/C14H19BN4O2/c1-10-11(15-20-13(2,3)14(4,5)21-15)9-19(18-10)12-16-7-6-8-17-12/h6-9H,1-5H3. The maximum Gasteiger partial charge on any atom is 0.498 e. The van der Waals surface area contributed by atoms with Gasteiger partial charge in [0.25, 0.3) is 0 Å². The number of aromatic nitrogens is 4. The third kappa shape index (κ3) is 2.36. The molecule has 0 aliphatic carbocycles. The Morgan fingerprint density at radius 3 is 2.19 bits per heavy atom. The number of hydrogen-bond acceptors (Lipinski definition) is 5. The Labute approximate surface area is 124 Å². The van der Waals surface area contributed by atoms with Gasteiger partial charge in [0.1, 0.15) is 0 Å². The zero-order valence-electron chi connectivity index (χ0n) is 13.0. The second-order valence-corrected chi connectivity index (χ2v) is 6.25. The summed E-state index contributed by atoms with van der Waals surface area (Å²) in [5, 5.41) is 4.45. The quantitative estimate of drug-likeness (QED) is 0.778. The van der Waals surface area contributed by atoms with Gasteiger partial charge in [-0.1, -0.05) is 0 Å². The van der Waals surface area contributed by atoms with Crippen molar-refractivity contribution in [2.24, 2.45) is 0 Å². The van der Waals surface area contributed by atoms with Crippen molar-refractivity contribution in [3.8, 4) is 5.95 Å². The molecule has 0 radical (unpaired) electrons. The Kier molecular flexibility index (Phi) is 3.14. The predicted molar refractivity (Wildman–Crippen MR) is 79.6 cm³/mol. The van der Waals surface area contributed by atoms with Crippen LogP contribution < -0.4 is 5.46 Å². The summed E-state index contributed by atoms with van der Waals surface area (Å²) >= 11 is 0. The molecule has 0 bridgehead atoms. The fourth-order valence-electron chi connectivity index (χ4n) is 2.19. The smallest absolute Gasteiger partial charge is 0.399 e. The molecule has 1 aliphatic heterocycles. The zero-order valence-corrected chi connectivity index (χ0v) is 13.0. The molecule has 2 aromatic heterocycles. The van der Waals surface area contributed by atoms with Crippen LogP contribution in [0.5, 0.6) is 0 Å². The molecule has 0 saturated carbocycles. The molecule has 0 atom stereocenters. The highest BCUT2D eigenvalue weighted by Gasteiger charge is 2.52. The second kappa shape index (κ2) is 4.64. The monoisotopic (exact) mass is 286 g/mol. The molecule has 3 rings (SSSR count). The minimum Gasteiger partial charge on any atom is -0.399 e. The Morgan fingerprint density at radius 2 is 1.62 bits per heavy atom. The van der Waals surface area contributed by atoms with Crippen LogP contribution in [0.2, 0.25) is 0 Å². The molecule has 6 nitrogen and oxygen atoms in total. The normalized spacial score (nSPS) is 20.0. The summed E-state index contributed by atoms with van der Waals surface area (Å²) in [5.41, 5.74) is 1.02. The maximum atomic E-state index is 6.06. The van der Waals surface area contributed by atoms with Gasteiger partial charge in [0.05, 0.1) is 16.9 Å². The molecule has 0 unspecified atom stereocenters. The van der Waals surface area contributed by atoms with Crippen molar-refractivity contribution in [1.29, 1.82) is 0 Å². The van der Waals surface area contributed by atoms with E-state index in [2.05, 4.69) is 15.1 Å². The Bertz CT molecular complexity index is 638. The molecule has 7 heteroatoms. The molecule has 3 heterocycles. The predicted octanol–water partition coefficient (Wildman–Crippen LogP) is 1.27. The van der Waals surface area contributed by atoms with Crippen LogP contribution in [-0.4, -0.2) is 38.1 Å². The summed E-state index contributed by atoms with van der Waals surface area (Å²) in [6.07, 6.45) is 5.24. The van der Waals surface area contributed by atoms with Gasteiger partial charge in [-0.15, -0.1) is 0 Å². The van der Waals surface area contributed by atoms with Crippen molar-refractivity contribution in [2.45, 2.75) is 45.8 Å². The van der Waals surface area contributed by atoms with Gasteiger partial charge in [-0.05, 0) is 40.7 Å². The molecular formula is C14H19BN4O2. The van der Waals surface area contributed by atoms with Crippen LogP contribution in [0.4, 0.5) is 0 Å². The average molecular weight is 286 g/mol. The highest BCUT2D eigenvalue weighted by Crippen LogP contribution is 2.36. The van der Waals surface area contributed by atoms with Gasteiger partial charge >= 0.3 is 7.12 Å². The van der Waals surface area contributed by atoms with Gasteiger partial charge in [-0.3, -0.25) is 0 Å². The lowest BCUT2D eigenvalue weighted by Crippen LogP contribution is -2.41. The molecule has 0 amide bonds. The molecule has 0 spiro atoms. The van der Waals surface area contributed by atoms with E-state index in [4.69, 9.17) is 9.31 Å². The first-order valence-corrected chi connectivity index (χ1v) is 6.99. The summed E-state index contributed by atoms with van der Waals surface area (Å²) in [7, 11) is -0.424. The van der Waals surface area contributed by atoms with E-state index in [0.29, 0.717) is 5.95 Å². The minimum absolute atomic E-state index is 0.366. The van der Waals surface area contributed by atoms with Gasteiger partial charge < -0.3 is 9.31 Å². The van der Waals surface area contributed by atoms with E-state index in [1.54, 1.807) is 23.1 Å². The highest BCUT2D eigenvalue weighted by atomic mass is 16.7. The van der Waals surface area contributed by atoms with E-state index in [-0.39, 0.29) is 11.2 Å². The fourth-order valence-corrected chi connectivity index (χ4v) is 2.19. The van der Waals surface area contributed by atoms with Crippen LogP contribution in [0.15, 0.2) is 24.7 Å². The second-order valence-electron chi connectivity index (χ2n) is 6.25. The van der Waals surface area contributed by atoms with Gasteiger partial charge in [0, 0.05) is 24.1 Å². The topological polar surface area (TPSA) is 62.1 Å². The van der Waals surface area contributed by atoms with Crippen LogP contribution in [0.1, 0.15) is 33.4 Å². The number of hydrogen-bond donors (Lipinski definition) is 0. The van der Waals surface area contributed by atoms with Crippen molar-refractivity contribution >= 4 is 12.6 Å². The molecule has 1 aliphatic rings. The van der Waals surface area contributed by atoms with E-state index < -0.39 is 7.12 Å². The lowest BCUT2D eigenvalue weighted by Gasteiger charge is -2.32. The van der Waals surface area contributed by atoms with Gasteiger partial charge in [-0.2, -0.15) is 5.10 Å². The number of rotatable bonds is 2. The zero-order chi connectivity index (χ0) is 15.3. The lowest BCUT2D eigenvalue weighted by molar-refractivity contribution is 0.00578. The van der Waals surface area contributed by atoms with E-state index >= 15 is 0 Å². The molecule has 0 aromatic carbocycles. The van der Waals surface area contributed by atoms with Crippen LogP contribution in [0.25, 0.3) is 5.95 Å². The molecule has 1 saturated heterocycles. The summed E-state index contributed by atoms with van der Waals surface area (Å²) in [4.78, 5) is 8.39. The number of nitrogens with zero attached hydrogens (tertiary/aromatic N) is 4. The molecule has 21 heavy (non-hydrogen) atoms. The van der Waals surface area contributed by atoms with Gasteiger partial charge in [0.15, 0.2) is 0 Å². The maximum absolute atomic E-state index is 6.06. The Morgan fingerprint density at radius 1 is 1.05 bits per heavy atom. The fraction of sp³-hybridized carbons (Fsp3) is 0.500. The molecular weight excluding hydrogens is 267 g/mol. The Balaban J connectivity index is 1.93. The Hall–Kier alpha value is -1.73. The summed E-state index contributed by atoms with van der Waals surface area (Å²) in [6.45, 7) is 10.1. The van der Waals surface area contributed by atoms with Crippen molar-refractivity contribution in [1.82, 2.24) is 19.7 Å². The van der Waals surface area contributed by atoms with E-state index in [0.717, 1.165) is 11.2 Å². The summed E-state index contributed by atoms with van der Waals surface area (Å²) < 4.78 is 13.8. The molecule has 0 N–H and O–H groups in total. The minimum atomic E-state index is -0.424. The van der Waals surface area contributed by atoms with Crippen molar-refractivity contribution < 1.29 is 9.31 Å². The highest BCUT2D eigenvalue weighted by molar-refractivity contribution is 6.62. The van der Waals surface area contributed by atoms with E-state index in [9.17, 15) is 0 Å². The van der Waals surface area contributed by atoms with Crippen molar-refractivity contribution in [3.05, 3.63) is 30.4 Å². The van der Waals surface area contributed by atoms with E-state index in [1.807, 2.05) is 40.8 Å². The van der Waals surface area contributed by atoms with Crippen LogP contribution in [0, 0.1) is 6.92 Å². The third-order valence-electron chi connectivity index (χ3n) is 4.20.